The van der Waals surface area contributed by atoms with E-state index >= 15 is 0 Å². The molecule has 1 amide bonds. The fourth-order valence-corrected chi connectivity index (χ4v) is 1.36. The van der Waals surface area contributed by atoms with Crippen molar-refractivity contribution in [3.8, 4) is 5.75 Å². The summed E-state index contributed by atoms with van der Waals surface area (Å²) in [6.45, 7) is 5.63. The zero-order chi connectivity index (χ0) is 14.5. The van der Waals surface area contributed by atoms with E-state index in [1.807, 2.05) is 20.8 Å². The minimum absolute atomic E-state index is 0.247. The van der Waals surface area contributed by atoms with E-state index in [-0.39, 0.29) is 10.7 Å². The second-order valence-electron chi connectivity index (χ2n) is 4.91. The predicted molar refractivity (Wildman–Crippen MR) is 78.6 cm³/mol. The number of nitrogens with one attached hydrogen (secondary N) is 2. The van der Waals surface area contributed by atoms with Crippen LogP contribution in [0.4, 0.5) is 10.5 Å². The molecule has 5 nitrogen and oxygen atoms in total. The Labute approximate surface area is 118 Å². The van der Waals surface area contributed by atoms with Crippen LogP contribution in [-0.4, -0.2) is 23.9 Å². The molecule has 104 valence electrons. The lowest BCUT2D eigenvalue weighted by molar-refractivity contribution is 0.190. The van der Waals surface area contributed by atoms with Gasteiger partial charge in [-0.05, 0) is 45.1 Å². The zero-order valence-corrected chi connectivity index (χ0v) is 12.3. The lowest BCUT2D eigenvalue weighted by Crippen LogP contribution is -2.42. The highest BCUT2D eigenvalue weighted by Crippen LogP contribution is 2.18. The van der Waals surface area contributed by atoms with E-state index < -0.39 is 6.09 Å². The largest absolute Gasteiger partial charge is 0.474 e. The summed E-state index contributed by atoms with van der Waals surface area (Å²) in [6.07, 6.45) is -0.501. The molecule has 0 aliphatic carbocycles. The lowest BCUT2D eigenvalue weighted by atomic mass is 10.1. The highest BCUT2D eigenvalue weighted by molar-refractivity contribution is 7.80. The first-order valence-electron chi connectivity index (χ1n) is 5.75. The minimum atomic E-state index is -0.501. The van der Waals surface area contributed by atoms with Gasteiger partial charge < -0.3 is 20.1 Å². The Hall–Kier alpha value is -1.82. The number of amides is 1. The summed E-state index contributed by atoms with van der Waals surface area (Å²) in [5, 5.41) is 5.80. The van der Waals surface area contributed by atoms with Crippen molar-refractivity contribution in [2.24, 2.45) is 0 Å². The Bertz CT molecular complexity index is 469. The molecule has 6 heteroatoms. The number of methoxy groups -OCH3 is 1. The molecule has 0 heterocycles. The average Bonchev–Trinajstić information content (AvgIpc) is 2.26. The average molecular weight is 282 g/mol. The Morgan fingerprint density at radius 2 is 2.00 bits per heavy atom. The molecule has 0 fully saturated rings. The standard InChI is InChI=1S/C13H18N2O3S/c1-13(2,3)15-11(16)18-10-7-5-6-9(8-10)14-12(19)17-4/h5-8H,1-4H3,(H,14,19)(H,15,16). The van der Waals surface area contributed by atoms with Gasteiger partial charge in [-0.3, -0.25) is 0 Å². The minimum Gasteiger partial charge on any atom is -0.474 e. The van der Waals surface area contributed by atoms with Crippen LogP contribution in [0, 0.1) is 0 Å². The molecule has 2 N–H and O–H groups in total. The Kier molecular flexibility index (Phi) is 5.11. The van der Waals surface area contributed by atoms with Crippen LogP contribution >= 0.6 is 12.2 Å². The summed E-state index contributed by atoms with van der Waals surface area (Å²) >= 11 is 4.89. The molecule has 1 aromatic carbocycles. The predicted octanol–water partition coefficient (Wildman–Crippen LogP) is 2.92. The smallest absolute Gasteiger partial charge is 0.413 e. The van der Waals surface area contributed by atoms with Gasteiger partial charge in [-0.25, -0.2) is 4.79 Å². The topological polar surface area (TPSA) is 59.6 Å². The molecule has 1 rings (SSSR count). The van der Waals surface area contributed by atoms with Gasteiger partial charge in [0.1, 0.15) is 5.75 Å². The number of hydrogen-bond acceptors (Lipinski definition) is 4. The van der Waals surface area contributed by atoms with Gasteiger partial charge in [-0.2, -0.15) is 0 Å². The number of anilines is 1. The van der Waals surface area contributed by atoms with E-state index in [4.69, 9.17) is 21.7 Å². The van der Waals surface area contributed by atoms with Gasteiger partial charge in [-0.15, -0.1) is 0 Å². The number of thiocarbonyl (C=S) groups is 1. The molecule has 0 bridgehead atoms. The van der Waals surface area contributed by atoms with Crippen molar-refractivity contribution in [1.29, 1.82) is 0 Å². The van der Waals surface area contributed by atoms with Gasteiger partial charge in [0, 0.05) is 17.3 Å². The van der Waals surface area contributed by atoms with Crippen LogP contribution in [0.15, 0.2) is 24.3 Å². The van der Waals surface area contributed by atoms with Crippen molar-refractivity contribution < 1.29 is 14.3 Å². The van der Waals surface area contributed by atoms with Crippen molar-refractivity contribution in [2.45, 2.75) is 26.3 Å². The fraction of sp³-hybridized carbons (Fsp3) is 0.385. The summed E-state index contributed by atoms with van der Waals surface area (Å²) in [7, 11) is 1.48. The van der Waals surface area contributed by atoms with Crippen LogP contribution in [0.3, 0.4) is 0 Å². The van der Waals surface area contributed by atoms with Gasteiger partial charge in [0.05, 0.1) is 7.11 Å². The maximum atomic E-state index is 11.6. The molecule has 0 aliphatic rings. The van der Waals surface area contributed by atoms with E-state index in [1.165, 1.54) is 7.11 Å². The molecule has 0 unspecified atom stereocenters. The third-order valence-electron chi connectivity index (χ3n) is 1.95. The second kappa shape index (κ2) is 6.38. The SMILES string of the molecule is COC(=S)Nc1cccc(OC(=O)NC(C)(C)C)c1. The summed E-state index contributed by atoms with van der Waals surface area (Å²) in [6, 6.07) is 6.89. The van der Waals surface area contributed by atoms with Gasteiger partial charge in [0.25, 0.3) is 5.17 Å². The van der Waals surface area contributed by atoms with Crippen molar-refractivity contribution in [3.05, 3.63) is 24.3 Å². The summed E-state index contributed by atoms with van der Waals surface area (Å²) in [5.41, 5.74) is 0.345. The molecule has 0 spiro atoms. The summed E-state index contributed by atoms with van der Waals surface area (Å²) in [5.74, 6) is 0.422. The first-order valence-corrected chi connectivity index (χ1v) is 6.16. The van der Waals surface area contributed by atoms with Crippen LogP contribution in [0.25, 0.3) is 0 Å². The van der Waals surface area contributed by atoms with Crippen LogP contribution in [-0.2, 0) is 4.74 Å². The van der Waals surface area contributed by atoms with E-state index in [9.17, 15) is 4.79 Å². The number of rotatable bonds is 2. The Morgan fingerprint density at radius 3 is 2.58 bits per heavy atom. The summed E-state index contributed by atoms with van der Waals surface area (Å²) < 4.78 is 10.0. The highest BCUT2D eigenvalue weighted by Gasteiger charge is 2.15. The van der Waals surface area contributed by atoms with E-state index in [0.29, 0.717) is 11.4 Å². The number of carbonyl (C=O) groups excluding carboxylic acids is 1. The van der Waals surface area contributed by atoms with E-state index in [2.05, 4.69) is 10.6 Å². The molecule has 0 aliphatic heterocycles. The lowest BCUT2D eigenvalue weighted by Gasteiger charge is -2.19. The number of benzene rings is 1. The first kappa shape index (κ1) is 15.2. The van der Waals surface area contributed by atoms with Crippen molar-refractivity contribution >= 4 is 29.2 Å². The van der Waals surface area contributed by atoms with Crippen LogP contribution in [0.5, 0.6) is 5.75 Å². The number of hydrogen-bond donors (Lipinski definition) is 2. The maximum absolute atomic E-state index is 11.6. The normalized spacial score (nSPS) is 10.5. The van der Waals surface area contributed by atoms with Gasteiger partial charge in [0.2, 0.25) is 0 Å². The van der Waals surface area contributed by atoms with Crippen LogP contribution < -0.4 is 15.4 Å². The molecule has 0 aromatic heterocycles. The van der Waals surface area contributed by atoms with E-state index in [1.54, 1.807) is 24.3 Å². The molecule has 0 radical (unpaired) electrons. The van der Waals surface area contributed by atoms with E-state index in [0.717, 1.165) is 0 Å². The number of ether oxygens (including phenoxy) is 2. The van der Waals surface area contributed by atoms with Crippen molar-refractivity contribution in [3.63, 3.8) is 0 Å². The third-order valence-corrected chi connectivity index (χ3v) is 2.22. The van der Waals surface area contributed by atoms with Crippen LogP contribution in [0.2, 0.25) is 0 Å². The Morgan fingerprint density at radius 1 is 1.32 bits per heavy atom. The monoisotopic (exact) mass is 282 g/mol. The molecular weight excluding hydrogens is 264 g/mol. The van der Waals surface area contributed by atoms with Gasteiger partial charge >= 0.3 is 6.09 Å². The zero-order valence-electron chi connectivity index (χ0n) is 11.4. The van der Waals surface area contributed by atoms with Crippen LogP contribution in [0.1, 0.15) is 20.8 Å². The van der Waals surface area contributed by atoms with Crippen molar-refractivity contribution in [2.75, 3.05) is 12.4 Å². The summed E-state index contributed by atoms with van der Waals surface area (Å²) in [4.78, 5) is 11.6. The molecular formula is C13H18N2O3S. The third kappa shape index (κ3) is 6.05. The molecule has 1 aromatic rings. The Balaban J connectivity index is 2.67. The first-order chi connectivity index (χ1) is 8.80. The quantitative estimate of drug-likeness (QED) is 0.817. The maximum Gasteiger partial charge on any atom is 0.413 e. The number of carbonyl (C=O) groups is 1. The highest BCUT2D eigenvalue weighted by atomic mass is 32.1. The molecule has 0 saturated carbocycles. The molecule has 19 heavy (non-hydrogen) atoms. The second-order valence-corrected chi connectivity index (χ2v) is 5.28. The van der Waals surface area contributed by atoms with Gasteiger partial charge in [-0.1, -0.05) is 6.07 Å². The fourth-order valence-electron chi connectivity index (χ4n) is 1.24. The molecule has 0 saturated heterocycles. The van der Waals surface area contributed by atoms with Crippen molar-refractivity contribution in [1.82, 2.24) is 5.32 Å². The van der Waals surface area contributed by atoms with Gasteiger partial charge in [0.15, 0.2) is 0 Å². The molecule has 0 atom stereocenters.